The highest BCUT2D eigenvalue weighted by Gasteiger charge is 2.30. The maximum Gasteiger partial charge on any atom is 0.412 e. The number of carbonyl (C=O) groups excluding carboxylic acids is 1. The van der Waals surface area contributed by atoms with Crippen molar-refractivity contribution in [3.8, 4) is 11.1 Å². The summed E-state index contributed by atoms with van der Waals surface area (Å²) in [6, 6.07) is 6.32. The lowest BCUT2D eigenvalue weighted by molar-refractivity contribution is -0.0913. The predicted octanol–water partition coefficient (Wildman–Crippen LogP) is 4.93. The van der Waals surface area contributed by atoms with Crippen molar-refractivity contribution in [2.24, 2.45) is 7.05 Å². The average molecular weight is 569 g/mol. The minimum Gasteiger partial charge on any atom is -0.382 e. The van der Waals surface area contributed by atoms with E-state index in [0.717, 1.165) is 67.6 Å². The average Bonchev–Trinajstić information content (AvgIpc) is 3.07. The van der Waals surface area contributed by atoms with Gasteiger partial charge in [-0.1, -0.05) is 24.3 Å². The highest BCUT2D eigenvalue weighted by Crippen LogP contribution is 2.32. The first kappa shape index (κ1) is 29.8. The molecule has 1 aliphatic heterocycles. The van der Waals surface area contributed by atoms with E-state index >= 15 is 0 Å². The molecule has 1 fully saturated rings. The number of urea groups is 1. The zero-order chi connectivity index (χ0) is 29.6. The molecule has 218 valence electrons. The van der Waals surface area contributed by atoms with Crippen molar-refractivity contribution in [3.05, 3.63) is 72.2 Å². The molecule has 0 spiro atoms. The van der Waals surface area contributed by atoms with Gasteiger partial charge >= 0.3 is 12.2 Å². The van der Waals surface area contributed by atoms with Gasteiger partial charge in [0.05, 0.1) is 17.1 Å². The van der Waals surface area contributed by atoms with Gasteiger partial charge in [-0.15, -0.1) is 0 Å². The van der Waals surface area contributed by atoms with Gasteiger partial charge in [-0.25, -0.2) is 4.79 Å². The van der Waals surface area contributed by atoms with Gasteiger partial charge in [-0.3, -0.25) is 14.6 Å². The molecule has 41 heavy (non-hydrogen) atoms. The first-order chi connectivity index (χ1) is 19.5. The van der Waals surface area contributed by atoms with Crippen LogP contribution in [0.5, 0.6) is 0 Å². The fourth-order valence-corrected chi connectivity index (χ4v) is 4.58. The van der Waals surface area contributed by atoms with E-state index in [0.29, 0.717) is 18.1 Å². The Morgan fingerprint density at radius 1 is 1.10 bits per heavy atom. The summed E-state index contributed by atoms with van der Waals surface area (Å²) in [5, 5.41) is 10.2. The number of aryl methyl sites for hydroxylation is 1. The summed E-state index contributed by atoms with van der Waals surface area (Å²) in [6.07, 6.45) is 5.86. The molecule has 4 N–H and O–H groups in total. The molecule has 2 aromatic heterocycles. The highest BCUT2D eigenvalue weighted by atomic mass is 19.4. The first-order valence-electron chi connectivity index (χ1n) is 13.3. The number of hydrogen-bond donors (Lipinski definition) is 3. The number of carbonyl (C=O) groups is 1. The third-order valence-electron chi connectivity index (χ3n) is 6.91. The number of fused-ring (bicyclic) bond motifs is 1. The number of alkyl halides is 3. The molecule has 3 aromatic rings. The molecule has 1 aliphatic rings. The number of nitrogen functional groups attached to an aromatic ring is 1. The van der Waals surface area contributed by atoms with Crippen LogP contribution in [-0.2, 0) is 7.05 Å². The monoisotopic (exact) mass is 568 g/mol. The van der Waals surface area contributed by atoms with Crippen LogP contribution in [0.1, 0.15) is 13.3 Å². The molecule has 1 aromatic carbocycles. The number of likely N-dealkylation sites (N-methyl/N-ethyl adjacent to an activating group) is 1. The molecule has 3 heterocycles. The Hall–Kier alpha value is -4.16. The van der Waals surface area contributed by atoms with Crippen LogP contribution in [0.4, 0.5) is 29.5 Å². The van der Waals surface area contributed by atoms with E-state index in [-0.39, 0.29) is 5.70 Å². The van der Waals surface area contributed by atoms with Crippen molar-refractivity contribution in [1.29, 1.82) is 0 Å². The number of pyridine rings is 1. The normalized spacial score (nSPS) is 16.3. The number of allylic oxidation sites excluding steroid dienone is 4. The largest absolute Gasteiger partial charge is 0.412 e. The third-order valence-corrected chi connectivity index (χ3v) is 6.91. The van der Waals surface area contributed by atoms with Crippen LogP contribution in [0.3, 0.4) is 0 Å². The van der Waals surface area contributed by atoms with Crippen molar-refractivity contribution in [2.45, 2.75) is 19.5 Å². The summed E-state index contributed by atoms with van der Waals surface area (Å²) in [7, 11) is 3.87. The second-order valence-electron chi connectivity index (χ2n) is 10.1. The van der Waals surface area contributed by atoms with Crippen LogP contribution in [0, 0.1) is 0 Å². The smallest absolute Gasteiger partial charge is 0.382 e. The SMILES string of the molecule is C\C(=C/C(=C\C=C\CN1CCCN(C)CC1)NC(=O)Nc1ccc(-c2cncc3c2c(N)nn3C)cc1)C(F)(F)F. The molecule has 2 amide bonds. The van der Waals surface area contributed by atoms with Crippen LogP contribution < -0.4 is 16.4 Å². The van der Waals surface area contributed by atoms with Crippen molar-refractivity contribution in [3.63, 3.8) is 0 Å². The fourth-order valence-electron chi connectivity index (χ4n) is 4.58. The minimum atomic E-state index is -4.51. The Kier molecular flexibility index (Phi) is 9.46. The van der Waals surface area contributed by atoms with Crippen molar-refractivity contribution >= 4 is 28.4 Å². The maximum absolute atomic E-state index is 13.2. The number of benzene rings is 1. The van der Waals surface area contributed by atoms with Crippen LogP contribution in [-0.4, -0.2) is 76.5 Å². The molecule has 1 saturated heterocycles. The standard InChI is InChI=1S/C29H35F3N8O/c1-20(29(30,31)32)17-23(7-4-5-13-40-14-6-12-38(2)15-16-40)36-28(41)35-22-10-8-21(9-11-22)24-18-34-19-25-26(24)27(33)37-39(25)3/h4-5,7-11,17-19H,6,12-16H2,1-3H3,(H2,33,37)(H2,35,36,41)/b5-4+,20-17+,23-7+. The minimum absolute atomic E-state index is 0.0191. The summed E-state index contributed by atoms with van der Waals surface area (Å²) >= 11 is 0. The number of nitrogens with two attached hydrogens (primary N) is 1. The Bertz CT molecular complexity index is 1460. The maximum atomic E-state index is 13.2. The molecule has 4 rings (SSSR count). The lowest BCUT2D eigenvalue weighted by Crippen LogP contribution is -2.29. The Morgan fingerprint density at radius 3 is 2.59 bits per heavy atom. The van der Waals surface area contributed by atoms with Gasteiger partial charge in [-0.2, -0.15) is 18.3 Å². The Labute approximate surface area is 237 Å². The summed E-state index contributed by atoms with van der Waals surface area (Å²) < 4.78 is 41.3. The number of anilines is 2. The van der Waals surface area contributed by atoms with Gasteiger partial charge in [0.25, 0.3) is 0 Å². The molecular formula is C29H35F3N8O. The van der Waals surface area contributed by atoms with Gasteiger partial charge in [0.2, 0.25) is 0 Å². The Balaban J connectivity index is 1.44. The summed E-state index contributed by atoms with van der Waals surface area (Å²) in [4.78, 5) is 21.6. The quantitative estimate of drug-likeness (QED) is 0.350. The van der Waals surface area contributed by atoms with E-state index in [9.17, 15) is 18.0 Å². The molecule has 0 atom stereocenters. The van der Waals surface area contributed by atoms with Crippen molar-refractivity contribution in [2.75, 3.05) is 50.8 Å². The highest BCUT2D eigenvalue weighted by molar-refractivity contribution is 6.01. The number of hydrogen-bond acceptors (Lipinski definition) is 6. The third kappa shape index (κ3) is 7.95. The van der Waals surface area contributed by atoms with Crippen LogP contribution in [0.2, 0.25) is 0 Å². The van der Waals surface area contributed by atoms with Gasteiger partial charge < -0.3 is 21.3 Å². The second-order valence-corrected chi connectivity index (χ2v) is 10.1. The summed E-state index contributed by atoms with van der Waals surface area (Å²) in [5.41, 5.74) is 8.15. The molecule has 0 bridgehead atoms. The number of amides is 2. The van der Waals surface area contributed by atoms with Crippen LogP contribution >= 0.6 is 0 Å². The molecule has 12 heteroatoms. The van der Waals surface area contributed by atoms with Crippen LogP contribution in [0.25, 0.3) is 22.0 Å². The van der Waals surface area contributed by atoms with Gasteiger partial charge in [0.1, 0.15) is 0 Å². The number of nitrogens with zero attached hydrogens (tertiary/aromatic N) is 5. The van der Waals surface area contributed by atoms with Crippen molar-refractivity contribution in [1.82, 2.24) is 29.9 Å². The van der Waals surface area contributed by atoms with Crippen LogP contribution in [0.15, 0.2) is 72.2 Å². The topological polar surface area (TPSA) is 104 Å². The number of halogens is 3. The van der Waals surface area contributed by atoms with E-state index in [1.807, 2.05) is 6.08 Å². The first-order valence-corrected chi connectivity index (χ1v) is 13.3. The number of rotatable bonds is 7. The Morgan fingerprint density at radius 2 is 1.85 bits per heavy atom. The van der Waals surface area contributed by atoms with E-state index in [1.165, 1.54) is 6.08 Å². The lowest BCUT2D eigenvalue weighted by atomic mass is 10.0. The molecule has 9 nitrogen and oxygen atoms in total. The molecule has 0 aliphatic carbocycles. The lowest BCUT2D eigenvalue weighted by Gasteiger charge is -2.17. The molecule has 0 unspecified atom stereocenters. The van der Waals surface area contributed by atoms with E-state index in [2.05, 4.69) is 37.6 Å². The zero-order valence-corrected chi connectivity index (χ0v) is 23.4. The summed E-state index contributed by atoms with van der Waals surface area (Å²) in [5.74, 6) is 0.385. The molecule has 0 saturated carbocycles. The number of nitrogens with one attached hydrogen (secondary N) is 2. The summed E-state index contributed by atoms with van der Waals surface area (Å²) in [6.45, 7) is 5.53. The van der Waals surface area contributed by atoms with Gasteiger partial charge in [0, 0.05) is 55.4 Å². The molecular weight excluding hydrogens is 533 g/mol. The predicted molar refractivity (Wildman–Crippen MR) is 156 cm³/mol. The van der Waals surface area contributed by atoms with Gasteiger partial charge in [-0.05, 0) is 63.3 Å². The van der Waals surface area contributed by atoms with Gasteiger partial charge in [0.15, 0.2) is 5.82 Å². The van der Waals surface area contributed by atoms with E-state index in [4.69, 9.17) is 5.73 Å². The molecule has 0 radical (unpaired) electrons. The van der Waals surface area contributed by atoms with Crippen molar-refractivity contribution < 1.29 is 18.0 Å². The fraction of sp³-hybridized carbons (Fsp3) is 0.345. The second kappa shape index (κ2) is 13.0. The van der Waals surface area contributed by atoms with E-state index in [1.54, 1.807) is 54.5 Å². The van der Waals surface area contributed by atoms with E-state index < -0.39 is 17.8 Å². The zero-order valence-electron chi connectivity index (χ0n) is 23.4. The number of aromatic nitrogens is 3.